The molecule has 1 amide bonds. The largest absolute Gasteiger partial charge is 0.453 e. The molecule has 2 aromatic carbocycles. The van der Waals surface area contributed by atoms with Gasteiger partial charge in [0.2, 0.25) is 0 Å². The number of aliphatic hydroxyl groups excluding tert-OH is 1. The zero-order valence-corrected chi connectivity index (χ0v) is 20.7. The van der Waals surface area contributed by atoms with Crippen LogP contribution in [0.3, 0.4) is 0 Å². The Kier molecular flexibility index (Phi) is 8.70. The van der Waals surface area contributed by atoms with E-state index in [1.165, 1.54) is 31.9 Å². The van der Waals surface area contributed by atoms with Crippen molar-refractivity contribution in [2.24, 2.45) is 0 Å². The molecule has 1 fully saturated rings. The third kappa shape index (κ3) is 6.91. The number of hydrogen-bond donors (Lipinski definition) is 3. The van der Waals surface area contributed by atoms with Crippen LogP contribution in [0.15, 0.2) is 60.0 Å². The highest BCUT2D eigenvalue weighted by molar-refractivity contribution is 7.99. The number of carbonyl (C=O) groups is 2. The van der Waals surface area contributed by atoms with Crippen molar-refractivity contribution < 1.29 is 28.9 Å². The third-order valence-corrected chi connectivity index (χ3v) is 6.58. The van der Waals surface area contributed by atoms with E-state index in [1.807, 2.05) is 36.4 Å². The number of carbonyl (C=O) groups excluding carboxylic acids is 2. The Morgan fingerprint density at radius 3 is 2.53 bits per heavy atom. The average molecular weight is 513 g/mol. The monoisotopic (exact) mass is 512 g/mol. The summed E-state index contributed by atoms with van der Waals surface area (Å²) in [5.41, 5.74) is 3.19. The van der Waals surface area contributed by atoms with Gasteiger partial charge < -0.3 is 24.6 Å². The van der Waals surface area contributed by atoms with Crippen LogP contribution in [0.2, 0.25) is 0 Å². The van der Waals surface area contributed by atoms with Gasteiger partial charge in [0.25, 0.3) is 5.91 Å². The lowest BCUT2D eigenvalue weighted by atomic mass is 10.0. The summed E-state index contributed by atoms with van der Waals surface area (Å²) in [6, 6.07) is 14.8. The van der Waals surface area contributed by atoms with Crippen molar-refractivity contribution in [1.29, 1.82) is 0 Å². The maximum Gasteiger partial charge on any atom is 0.303 e. The second-order valence-electron chi connectivity index (χ2n) is 8.31. The summed E-state index contributed by atoms with van der Waals surface area (Å²) in [4.78, 5) is 27.5. The molecule has 4 rings (SSSR count). The van der Waals surface area contributed by atoms with E-state index in [1.54, 1.807) is 12.1 Å². The number of aromatic nitrogens is 3. The summed E-state index contributed by atoms with van der Waals surface area (Å²) in [6.07, 6.45) is 0.276. The first-order valence-corrected chi connectivity index (χ1v) is 12.5. The highest BCUT2D eigenvalue weighted by atomic mass is 32.2. The van der Waals surface area contributed by atoms with Crippen LogP contribution in [0.25, 0.3) is 0 Å². The van der Waals surface area contributed by atoms with Crippen molar-refractivity contribution in [3.8, 4) is 0 Å². The third-order valence-electron chi connectivity index (χ3n) is 5.58. The standard InChI is InChI=1S/C25H28N4O6S/c1-15(33-16(2)31)23(32)28-20-9-7-19(8-10-20)24-34-21(13-36-25-26-14-27-29-25)11-22(35-24)18-5-3-17(12-30)4-6-18/h3-10,14-15,21-22,24,30H,11-13H2,1-2H3,(H,28,32)(H,26,27,29)/t15-,21+,22-,24-/m0/s1. The van der Waals surface area contributed by atoms with Crippen LogP contribution >= 0.6 is 11.8 Å². The molecule has 0 unspecified atom stereocenters. The highest BCUT2D eigenvalue weighted by Gasteiger charge is 2.32. The first-order chi connectivity index (χ1) is 17.4. The number of benzene rings is 2. The maximum absolute atomic E-state index is 12.2. The normalized spacial score (nSPS) is 20.5. The van der Waals surface area contributed by atoms with E-state index in [0.29, 0.717) is 23.0 Å². The second kappa shape index (κ2) is 12.1. The molecule has 4 atom stereocenters. The first kappa shape index (κ1) is 25.8. The fourth-order valence-electron chi connectivity index (χ4n) is 3.73. The summed E-state index contributed by atoms with van der Waals surface area (Å²) in [5, 5.41) is 19.5. The fraction of sp³-hybridized carbons (Fsp3) is 0.360. The molecule has 3 aromatic rings. The van der Waals surface area contributed by atoms with Crippen molar-refractivity contribution in [3.63, 3.8) is 0 Å². The number of nitrogens with one attached hydrogen (secondary N) is 2. The number of thioether (sulfide) groups is 1. The summed E-state index contributed by atoms with van der Waals surface area (Å²) < 4.78 is 17.5. The molecule has 0 saturated carbocycles. The summed E-state index contributed by atoms with van der Waals surface area (Å²) in [6.45, 7) is 2.75. The molecule has 0 bridgehead atoms. The van der Waals surface area contributed by atoms with Gasteiger partial charge in [-0.1, -0.05) is 48.2 Å². The van der Waals surface area contributed by atoms with Gasteiger partial charge in [-0.2, -0.15) is 5.10 Å². The zero-order valence-electron chi connectivity index (χ0n) is 19.9. The lowest BCUT2D eigenvalue weighted by Crippen LogP contribution is -2.31. The van der Waals surface area contributed by atoms with Gasteiger partial charge in [0.1, 0.15) is 6.33 Å². The van der Waals surface area contributed by atoms with E-state index in [9.17, 15) is 14.7 Å². The van der Waals surface area contributed by atoms with E-state index in [-0.39, 0.29) is 18.8 Å². The van der Waals surface area contributed by atoms with Gasteiger partial charge in [0.15, 0.2) is 17.6 Å². The SMILES string of the molecule is CC(=O)O[C@@H](C)C(=O)Nc1ccc([C@H]2O[C@@H](CSc3ncn[nH]3)C[C@@H](c3ccc(CO)cc3)O2)cc1. The molecule has 190 valence electrons. The number of aliphatic hydroxyl groups is 1. The Balaban J connectivity index is 1.46. The number of nitrogens with zero attached hydrogens (tertiary/aromatic N) is 2. The van der Waals surface area contributed by atoms with Crippen molar-refractivity contribution in [3.05, 3.63) is 71.5 Å². The van der Waals surface area contributed by atoms with Crippen LogP contribution < -0.4 is 5.32 Å². The topological polar surface area (TPSA) is 136 Å². The number of H-pyrrole nitrogens is 1. The van der Waals surface area contributed by atoms with Crippen molar-refractivity contribution in [1.82, 2.24) is 15.2 Å². The summed E-state index contributed by atoms with van der Waals surface area (Å²) in [5.74, 6) is -0.280. The zero-order chi connectivity index (χ0) is 25.5. The van der Waals surface area contributed by atoms with Crippen molar-refractivity contribution in [2.75, 3.05) is 11.1 Å². The minimum atomic E-state index is -0.896. The van der Waals surface area contributed by atoms with Crippen LogP contribution in [-0.4, -0.2) is 50.1 Å². The summed E-state index contributed by atoms with van der Waals surface area (Å²) >= 11 is 1.52. The first-order valence-electron chi connectivity index (χ1n) is 11.5. The quantitative estimate of drug-likeness (QED) is 0.291. The van der Waals surface area contributed by atoms with Crippen LogP contribution in [0.1, 0.15) is 49.4 Å². The fourth-order valence-corrected chi connectivity index (χ4v) is 4.53. The minimum Gasteiger partial charge on any atom is -0.453 e. The predicted molar refractivity (Wildman–Crippen MR) is 132 cm³/mol. The van der Waals surface area contributed by atoms with Gasteiger partial charge in [-0.05, 0) is 30.2 Å². The number of rotatable bonds is 9. The Hall–Kier alpha value is -3.25. The number of aromatic amines is 1. The predicted octanol–water partition coefficient (Wildman–Crippen LogP) is 3.52. The Morgan fingerprint density at radius 1 is 1.17 bits per heavy atom. The molecule has 1 saturated heterocycles. The second-order valence-corrected chi connectivity index (χ2v) is 9.32. The molecule has 11 heteroatoms. The van der Waals surface area contributed by atoms with Gasteiger partial charge in [-0.15, -0.1) is 0 Å². The smallest absolute Gasteiger partial charge is 0.303 e. The lowest BCUT2D eigenvalue weighted by Gasteiger charge is -2.36. The number of amides is 1. The molecular formula is C25H28N4O6S. The van der Waals surface area contributed by atoms with E-state index in [0.717, 1.165) is 16.7 Å². The minimum absolute atomic E-state index is 0.0173. The lowest BCUT2D eigenvalue weighted by molar-refractivity contribution is -0.245. The molecule has 1 aliphatic heterocycles. The molecule has 2 heterocycles. The van der Waals surface area contributed by atoms with Crippen LogP contribution in [-0.2, 0) is 30.4 Å². The Morgan fingerprint density at radius 2 is 1.89 bits per heavy atom. The molecule has 36 heavy (non-hydrogen) atoms. The number of hydrogen-bond acceptors (Lipinski definition) is 9. The number of ether oxygens (including phenoxy) is 3. The maximum atomic E-state index is 12.2. The Labute approximate surface area is 212 Å². The van der Waals surface area contributed by atoms with Gasteiger partial charge >= 0.3 is 5.97 Å². The average Bonchev–Trinajstić information content (AvgIpc) is 3.41. The number of esters is 1. The van der Waals surface area contributed by atoms with E-state index in [4.69, 9.17) is 14.2 Å². The van der Waals surface area contributed by atoms with Crippen LogP contribution in [0.4, 0.5) is 5.69 Å². The van der Waals surface area contributed by atoms with Gasteiger partial charge in [0.05, 0.1) is 18.8 Å². The molecule has 3 N–H and O–H groups in total. The van der Waals surface area contributed by atoms with Crippen molar-refractivity contribution in [2.45, 2.75) is 56.6 Å². The number of anilines is 1. The van der Waals surface area contributed by atoms with Gasteiger partial charge in [-0.3, -0.25) is 14.7 Å². The molecule has 0 aliphatic carbocycles. The van der Waals surface area contributed by atoms with E-state index in [2.05, 4.69) is 20.5 Å². The Bertz CT molecular complexity index is 1140. The molecule has 0 spiro atoms. The van der Waals surface area contributed by atoms with Crippen molar-refractivity contribution >= 4 is 29.3 Å². The molecule has 1 aromatic heterocycles. The van der Waals surface area contributed by atoms with E-state index >= 15 is 0 Å². The van der Waals surface area contributed by atoms with Gasteiger partial charge in [0, 0.05) is 30.3 Å². The molecular weight excluding hydrogens is 484 g/mol. The van der Waals surface area contributed by atoms with Crippen LogP contribution in [0.5, 0.6) is 0 Å². The summed E-state index contributed by atoms with van der Waals surface area (Å²) in [7, 11) is 0. The highest BCUT2D eigenvalue weighted by Crippen LogP contribution is 2.39. The van der Waals surface area contributed by atoms with Gasteiger partial charge in [-0.25, -0.2) is 4.98 Å². The molecule has 10 nitrogen and oxygen atoms in total. The molecule has 0 radical (unpaired) electrons. The van der Waals surface area contributed by atoms with Crippen LogP contribution in [0, 0.1) is 0 Å². The molecule has 1 aliphatic rings. The van der Waals surface area contributed by atoms with E-state index < -0.39 is 24.3 Å².